The number of piperazine rings is 1. The van der Waals surface area contributed by atoms with E-state index in [0.29, 0.717) is 12.8 Å². The monoisotopic (exact) mass is 310 g/mol. The number of rotatable bonds is 4. The van der Waals surface area contributed by atoms with E-state index in [2.05, 4.69) is 28.9 Å². The van der Waals surface area contributed by atoms with Gasteiger partial charge in [-0.15, -0.1) is 0 Å². The molecule has 1 aliphatic heterocycles. The van der Waals surface area contributed by atoms with Gasteiger partial charge in [-0.3, -0.25) is 9.69 Å². The normalized spacial score (nSPS) is 17.1. The van der Waals surface area contributed by atoms with Crippen molar-refractivity contribution in [2.75, 3.05) is 26.2 Å². The average Bonchev–Trinajstić information content (AvgIpc) is 2.98. The van der Waals surface area contributed by atoms with Crippen molar-refractivity contribution >= 4 is 16.8 Å². The van der Waals surface area contributed by atoms with Crippen LogP contribution >= 0.6 is 0 Å². The third-order valence-electron chi connectivity index (χ3n) is 4.69. The van der Waals surface area contributed by atoms with Crippen LogP contribution in [0.4, 0.5) is 0 Å². The predicted octanol–water partition coefficient (Wildman–Crippen LogP) is 2.16. The highest BCUT2D eigenvalue weighted by molar-refractivity contribution is 5.88. The molecular weight excluding hydrogens is 288 g/mol. The molecule has 1 fully saturated rings. The average molecular weight is 310 g/mol. The zero-order valence-corrected chi connectivity index (χ0v) is 13.5. The third-order valence-corrected chi connectivity index (χ3v) is 4.69. The number of nitrogens with one attached hydrogen (secondary N) is 1. The fourth-order valence-electron chi connectivity index (χ4n) is 3.23. The standard InChI is InChI=1S/C18H22N4O/c1-14(6-7-19)21-8-10-22(11-9-21)18(23)12-15-13-20-17-5-3-2-4-16(15)17/h2-5,13-14,20H,6,8-12H2,1H3/t14-/m0/s1. The molecule has 1 N–H and O–H groups in total. The van der Waals surface area contributed by atoms with Crippen LogP contribution in [0, 0.1) is 11.3 Å². The van der Waals surface area contributed by atoms with E-state index >= 15 is 0 Å². The second-order valence-electron chi connectivity index (χ2n) is 6.16. The summed E-state index contributed by atoms with van der Waals surface area (Å²) in [6.07, 6.45) is 2.93. The first-order chi connectivity index (χ1) is 11.2. The van der Waals surface area contributed by atoms with Gasteiger partial charge in [-0.2, -0.15) is 5.26 Å². The van der Waals surface area contributed by atoms with Crippen molar-refractivity contribution in [2.24, 2.45) is 0 Å². The number of fused-ring (bicyclic) bond motifs is 1. The first-order valence-electron chi connectivity index (χ1n) is 8.13. The number of hydrogen-bond donors (Lipinski definition) is 1. The SMILES string of the molecule is C[C@@H](CC#N)N1CCN(C(=O)Cc2c[nH]c3ccccc23)CC1. The summed E-state index contributed by atoms with van der Waals surface area (Å²) in [4.78, 5) is 20.0. The first-order valence-corrected chi connectivity index (χ1v) is 8.13. The Hall–Kier alpha value is -2.32. The lowest BCUT2D eigenvalue weighted by molar-refractivity contribution is -0.132. The van der Waals surface area contributed by atoms with Crippen LogP contribution in [0.1, 0.15) is 18.9 Å². The Morgan fingerprint density at radius 1 is 1.30 bits per heavy atom. The quantitative estimate of drug-likeness (QED) is 0.941. The summed E-state index contributed by atoms with van der Waals surface area (Å²) in [5, 5.41) is 9.92. The molecule has 2 heterocycles. The van der Waals surface area contributed by atoms with Crippen molar-refractivity contribution in [1.82, 2.24) is 14.8 Å². The summed E-state index contributed by atoms with van der Waals surface area (Å²) in [5.41, 5.74) is 2.14. The highest BCUT2D eigenvalue weighted by Gasteiger charge is 2.24. The molecule has 1 saturated heterocycles. The third kappa shape index (κ3) is 3.38. The van der Waals surface area contributed by atoms with Crippen molar-refractivity contribution in [3.63, 3.8) is 0 Å². The lowest BCUT2D eigenvalue weighted by Crippen LogP contribution is -2.51. The molecule has 1 amide bonds. The van der Waals surface area contributed by atoms with Crippen LogP contribution in [-0.2, 0) is 11.2 Å². The van der Waals surface area contributed by atoms with Crippen molar-refractivity contribution in [1.29, 1.82) is 5.26 Å². The minimum absolute atomic E-state index is 0.183. The molecule has 0 saturated carbocycles. The van der Waals surface area contributed by atoms with Gasteiger partial charge in [-0.1, -0.05) is 18.2 Å². The highest BCUT2D eigenvalue weighted by Crippen LogP contribution is 2.19. The van der Waals surface area contributed by atoms with E-state index < -0.39 is 0 Å². The topological polar surface area (TPSA) is 63.1 Å². The number of benzene rings is 1. The maximum atomic E-state index is 12.6. The fourth-order valence-corrected chi connectivity index (χ4v) is 3.23. The number of hydrogen-bond acceptors (Lipinski definition) is 3. The molecule has 0 spiro atoms. The molecule has 5 nitrogen and oxygen atoms in total. The van der Waals surface area contributed by atoms with Gasteiger partial charge < -0.3 is 9.88 Å². The van der Waals surface area contributed by atoms with E-state index in [1.165, 1.54) is 0 Å². The summed E-state index contributed by atoms with van der Waals surface area (Å²) in [5.74, 6) is 0.183. The van der Waals surface area contributed by atoms with Gasteiger partial charge in [-0.25, -0.2) is 0 Å². The maximum absolute atomic E-state index is 12.6. The van der Waals surface area contributed by atoms with Gasteiger partial charge in [0.15, 0.2) is 0 Å². The maximum Gasteiger partial charge on any atom is 0.227 e. The number of carbonyl (C=O) groups excluding carboxylic acids is 1. The Morgan fingerprint density at radius 3 is 2.78 bits per heavy atom. The zero-order chi connectivity index (χ0) is 16.2. The number of H-pyrrole nitrogens is 1. The van der Waals surface area contributed by atoms with Crippen molar-refractivity contribution < 1.29 is 4.79 Å². The number of nitriles is 1. The molecule has 5 heteroatoms. The van der Waals surface area contributed by atoms with E-state index in [1.807, 2.05) is 29.3 Å². The molecule has 0 radical (unpaired) electrons. The van der Waals surface area contributed by atoms with E-state index in [9.17, 15) is 4.79 Å². The molecule has 2 aromatic rings. The molecule has 120 valence electrons. The Kier molecular flexibility index (Phi) is 4.63. The first kappa shape index (κ1) is 15.6. The van der Waals surface area contributed by atoms with Gasteiger partial charge in [0.05, 0.1) is 18.9 Å². The Morgan fingerprint density at radius 2 is 2.04 bits per heavy atom. The highest BCUT2D eigenvalue weighted by atomic mass is 16.2. The second-order valence-corrected chi connectivity index (χ2v) is 6.16. The predicted molar refractivity (Wildman–Crippen MR) is 89.8 cm³/mol. The molecular formula is C18H22N4O. The van der Waals surface area contributed by atoms with Crippen molar-refractivity contribution in [3.8, 4) is 6.07 Å². The fraction of sp³-hybridized carbons (Fsp3) is 0.444. The van der Waals surface area contributed by atoms with Crippen LogP contribution in [-0.4, -0.2) is 52.9 Å². The van der Waals surface area contributed by atoms with Gasteiger partial charge >= 0.3 is 0 Å². The Labute approximate surface area is 136 Å². The van der Waals surface area contributed by atoms with Gasteiger partial charge in [0.1, 0.15) is 0 Å². The zero-order valence-electron chi connectivity index (χ0n) is 13.5. The smallest absolute Gasteiger partial charge is 0.227 e. The van der Waals surface area contributed by atoms with Crippen molar-refractivity contribution in [3.05, 3.63) is 36.0 Å². The molecule has 3 rings (SSSR count). The van der Waals surface area contributed by atoms with Gasteiger partial charge in [-0.05, 0) is 18.6 Å². The molecule has 1 atom stereocenters. The summed E-state index contributed by atoms with van der Waals surface area (Å²) >= 11 is 0. The van der Waals surface area contributed by atoms with E-state index in [4.69, 9.17) is 5.26 Å². The second kappa shape index (κ2) is 6.84. The lowest BCUT2D eigenvalue weighted by Gasteiger charge is -2.37. The molecule has 1 aromatic heterocycles. The summed E-state index contributed by atoms with van der Waals surface area (Å²) in [7, 11) is 0. The van der Waals surface area contributed by atoms with Crippen molar-refractivity contribution in [2.45, 2.75) is 25.8 Å². The number of nitrogens with zero attached hydrogens (tertiary/aromatic N) is 3. The summed E-state index contributed by atoms with van der Waals surface area (Å²) in [6.45, 7) is 5.27. The largest absolute Gasteiger partial charge is 0.361 e. The molecule has 0 aliphatic carbocycles. The van der Waals surface area contributed by atoms with Crippen LogP contribution in [0.15, 0.2) is 30.5 Å². The molecule has 0 unspecified atom stereocenters. The molecule has 0 bridgehead atoms. The van der Waals surface area contributed by atoms with Crippen LogP contribution in [0.5, 0.6) is 0 Å². The van der Waals surface area contributed by atoms with Gasteiger partial charge in [0.25, 0.3) is 0 Å². The van der Waals surface area contributed by atoms with Crippen LogP contribution in [0.3, 0.4) is 0 Å². The van der Waals surface area contributed by atoms with E-state index in [-0.39, 0.29) is 11.9 Å². The van der Waals surface area contributed by atoms with E-state index in [1.54, 1.807) is 0 Å². The van der Waals surface area contributed by atoms with Gasteiger partial charge in [0, 0.05) is 49.3 Å². The molecule has 1 aliphatic rings. The minimum Gasteiger partial charge on any atom is -0.361 e. The number of aromatic nitrogens is 1. The number of carbonyl (C=O) groups is 1. The molecule has 23 heavy (non-hydrogen) atoms. The number of amides is 1. The van der Waals surface area contributed by atoms with Crippen LogP contribution in [0.25, 0.3) is 10.9 Å². The number of para-hydroxylation sites is 1. The molecule has 1 aromatic carbocycles. The van der Waals surface area contributed by atoms with Crippen LogP contribution in [0.2, 0.25) is 0 Å². The lowest BCUT2D eigenvalue weighted by atomic mass is 10.1. The van der Waals surface area contributed by atoms with Crippen LogP contribution < -0.4 is 0 Å². The van der Waals surface area contributed by atoms with Gasteiger partial charge in [0.2, 0.25) is 5.91 Å². The Bertz CT molecular complexity index is 722. The summed E-state index contributed by atoms with van der Waals surface area (Å²) < 4.78 is 0. The Balaban J connectivity index is 1.59. The van der Waals surface area contributed by atoms with E-state index in [0.717, 1.165) is 42.6 Å². The minimum atomic E-state index is 0.183. The summed E-state index contributed by atoms with van der Waals surface area (Å²) in [6, 6.07) is 10.6. The number of aromatic amines is 1.